The molecule has 7 nitrogen and oxygen atoms in total. The van der Waals surface area contributed by atoms with Gasteiger partial charge in [0.15, 0.2) is 20.7 Å². The van der Waals surface area contributed by atoms with Gasteiger partial charge in [0, 0.05) is 24.0 Å². The Kier molecular flexibility index (Phi) is 5.15. The molecule has 0 atom stereocenters. The molecule has 0 aliphatic carbocycles. The fourth-order valence-electron chi connectivity index (χ4n) is 3.10. The Bertz CT molecular complexity index is 1520. The van der Waals surface area contributed by atoms with Crippen molar-refractivity contribution in [1.29, 1.82) is 0 Å². The van der Waals surface area contributed by atoms with Crippen LogP contribution in [0.3, 0.4) is 0 Å². The highest BCUT2D eigenvalue weighted by molar-refractivity contribution is 7.91. The molecule has 16 heteroatoms. The van der Waals surface area contributed by atoms with Crippen molar-refractivity contribution < 1.29 is 43.5 Å². The molecule has 0 fully saturated rings. The second-order valence-electron chi connectivity index (χ2n) is 7.06. The lowest BCUT2D eigenvalue weighted by Crippen LogP contribution is -2.34. The number of imidazole rings is 1. The van der Waals surface area contributed by atoms with Crippen LogP contribution in [0.15, 0.2) is 41.8 Å². The lowest BCUT2D eigenvalue weighted by atomic mass is 10.2. The minimum Gasteiger partial charge on any atom is -0.289 e. The van der Waals surface area contributed by atoms with E-state index in [1.165, 1.54) is 6.92 Å². The summed E-state index contributed by atoms with van der Waals surface area (Å²) in [7, 11) is -4.12. The lowest BCUT2D eigenvalue weighted by Gasteiger charge is -2.18. The van der Waals surface area contributed by atoms with Gasteiger partial charge in [-0.05, 0) is 18.2 Å². The highest BCUT2D eigenvalue weighted by Crippen LogP contribution is 2.43. The molecule has 0 N–H and O–H groups in total. The van der Waals surface area contributed by atoms with Crippen LogP contribution in [0.4, 0.5) is 35.1 Å². The predicted octanol–water partition coefficient (Wildman–Crippen LogP) is 4.53. The number of hydrogen-bond donors (Lipinski definition) is 0. The number of aromatic nitrogens is 5. The normalized spacial score (nSPS) is 13.8. The highest BCUT2D eigenvalue weighted by Gasteiger charge is 2.60. The molecule has 4 heterocycles. The summed E-state index contributed by atoms with van der Waals surface area (Å²) >= 11 is 0. The maximum atomic E-state index is 13.7. The van der Waals surface area contributed by atoms with Crippen LogP contribution >= 0.6 is 0 Å². The maximum Gasteiger partial charge on any atom is 0.459 e. The molecule has 4 aromatic rings. The van der Waals surface area contributed by atoms with Gasteiger partial charge in [0.25, 0.3) is 0 Å². The van der Waals surface area contributed by atoms with Crippen molar-refractivity contribution in [2.24, 2.45) is 0 Å². The molecule has 0 saturated carbocycles. The maximum absolute atomic E-state index is 13.7. The molecule has 4 rings (SSSR count). The first-order chi connectivity index (χ1) is 15.6. The van der Waals surface area contributed by atoms with Gasteiger partial charge in [-0.3, -0.25) is 9.38 Å². The third-order valence-corrected chi connectivity index (χ3v) is 6.58. The molecular weight excluding hydrogens is 502 g/mol. The Morgan fingerprint density at radius 3 is 2.29 bits per heavy atom. The SMILES string of the molecule is CCS(=O)(=O)c1c(-n2cc3cnc(C(F)(F)C(F)(F)F)cc3n2)nc2cc(C(F)(F)F)ccn12. The molecule has 0 aliphatic rings. The largest absolute Gasteiger partial charge is 0.459 e. The topological polar surface area (TPSA) is 82.1 Å². The van der Waals surface area contributed by atoms with Gasteiger partial charge in [-0.25, -0.2) is 18.1 Å². The number of nitrogens with zero attached hydrogens (tertiary/aromatic N) is 5. The van der Waals surface area contributed by atoms with Crippen LogP contribution in [0.2, 0.25) is 0 Å². The average Bonchev–Trinajstić information content (AvgIpc) is 3.32. The first-order valence-electron chi connectivity index (χ1n) is 9.19. The van der Waals surface area contributed by atoms with Crippen molar-refractivity contribution in [3.05, 3.63) is 48.0 Å². The molecule has 0 aromatic carbocycles. The summed E-state index contributed by atoms with van der Waals surface area (Å²) < 4.78 is 132. The lowest BCUT2D eigenvalue weighted by molar-refractivity contribution is -0.290. The summed E-state index contributed by atoms with van der Waals surface area (Å²) in [6.07, 6.45) is -8.08. The number of halogens is 8. The second-order valence-corrected chi connectivity index (χ2v) is 9.25. The second kappa shape index (κ2) is 7.35. The minimum absolute atomic E-state index is 0.0467. The van der Waals surface area contributed by atoms with Crippen molar-refractivity contribution in [3.63, 3.8) is 0 Å². The molecule has 4 aromatic heterocycles. The third kappa shape index (κ3) is 3.74. The molecule has 0 aliphatic heterocycles. The van der Waals surface area contributed by atoms with Crippen molar-refractivity contribution >= 4 is 26.4 Å². The van der Waals surface area contributed by atoms with E-state index in [0.29, 0.717) is 24.4 Å². The molecule has 0 spiro atoms. The monoisotopic (exact) mass is 513 g/mol. The van der Waals surface area contributed by atoms with Crippen LogP contribution in [-0.2, 0) is 21.9 Å². The Hall–Kier alpha value is -3.30. The zero-order valence-electron chi connectivity index (χ0n) is 16.7. The number of fused-ring (bicyclic) bond motifs is 2. The molecular formula is C18H11F8N5O2S. The van der Waals surface area contributed by atoms with Crippen molar-refractivity contribution in [2.45, 2.75) is 30.2 Å². The predicted molar refractivity (Wildman–Crippen MR) is 100 cm³/mol. The van der Waals surface area contributed by atoms with Gasteiger partial charge in [-0.1, -0.05) is 6.92 Å². The fraction of sp³-hybridized carbons (Fsp3) is 0.278. The van der Waals surface area contributed by atoms with Gasteiger partial charge in [0.2, 0.25) is 0 Å². The zero-order chi connectivity index (χ0) is 25.3. The number of pyridine rings is 2. The van der Waals surface area contributed by atoms with Gasteiger partial charge < -0.3 is 0 Å². The van der Waals surface area contributed by atoms with E-state index in [0.717, 1.165) is 21.5 Å². The van der Waals surface area contributed by atoms with Crippen LogP contribution in [0, 0.1) is 0 Å². The standard InChI is InChI=1S/C18H11F8N5O2S/c1-2-34(32,33)15-14(28-13-5-10(17(21,22)23)3-4-30(13)15)31-8-9-7-27-12(6-11(9)29-31)16(19,20)18(24,25)26/h3-8H,2H2,1H3. The zero-order valence-corrected chi connectivity index (χ0v) is 17.5. The first kappa shape index (κ1) is 23.8. The van der Waals surface area contributed by atoms with Crippen LogP contribution < -0.4 is 0 Å². The summed E-state index contributed by atoms with van der Waals surface area (Å²) in [6, 6.07) is 1.62. The number of alkyl halides is 8. The Morgan fingerprint density at radius 1 is 1.03 bits per heavy atom. The van der Waals surface area contributed by atoms with Gasteiger partial charge in [-0.15, -0.1) is 0 Å². The highest BCUT2D eigenvalue weighted by atomic mass is 32.2. The van der Waals surface area contributed by atoms with Crippen LogP contribution in [0.5, 0.6) is 0 Å². The summed E-state index contributed by atoms with van der Waals surface area (Å²) in [5.74, 6) is -6.22. The summed E-state index contributed by atoms with van der Waals surface area (Å²) in [6.45, 7) is 1.28. The van der Waals surface area contributed by atoms with Crippen molar-refractivity contribution in [1.82, 2.24) is 24.1 Å². The minimum atomic E-state index is -5.92. The van der Waals surface area contributed by atoms with Gasteiger partial charge >= 0.3 is 18.3 Å². The Balaban J connectivity index is 1.95. The quantitative estimate of drug-likeness (QED) is 0.375. The Labute approximate surface area is 184 Å². The van der Waals surface area contributed by atoms with E-state index in [1.807, 2.05) is 0 Å². The number of rotatable bonds is 4. The van der Waals surface area contributed by atoms with Crippen LogP contribution in [0.1, 0.15) is 18.2 Å². The summed E-state index contributed by atoms with van der Waals surface area (Å²) in [5, 5.41) is 3.24. The van der Waals surface area contributed by atoms with Gasteiger partial charge in [-0.2, -0.15) is 40.2 Å². The fourth-order valence-corrected chi connectivity index (χ4v) is 4.25. The van der Waals surface area contributed by atoms with E-state index in [-0.39, 0.29) is 5.39 Å². The summed E-state index contributed by atoms with van der Waals surface area (Å²) in [5.41, 5.74) is -3.55. The van der Waals surface area contributed by atoms with E-state index in [4.69, 9.17) is 0 Å². The molecule has 0 saturated heterocycles. The Morgan fingerprint density at radius 2 is 1.71 bits per heavy atom. The van der Waals surface area contributed by atoms with E-state index < -0.39 is 67.1 Å². The van der Waals surface area contributed by atoms with Crippen LogP contribution in [0.25, 0.3) is 22.4 Å². The molecule has 0 unspecified atom stereocenters. The number of sulfone groups is 1. The molecule has 0 radical (unpaired) electrons. The van der Waals surface area contributed by atoms with E-state index in [2.05, 4.69) is 15.1 Å². The smallest absolute Gasteiger partial charge is 0.289 e. The number of hydrogen-bond acceptors (Lipinski definition) is 5. The molecule has 34 heavy (non-hydrogen) atoms. The van der Waals surface area contributed by atoms with Crippen LogP contribution in [-0.4, -0.2) is 44.5 Å². The average molecular weight is 513 g/mol. The van der Waals surface area contributed by atoms with Gasteiger partial charge in [0.1, 0.15) is 11.3 Å². The molecule has 0 bridgehead atoms. The first-order valence-corrected chi connectivity index (χ1v) is 10.8. The van der Waals surface area contributed by atoms with E-state index in [1.54, 1.807) is 0 Å². The molecule has 0 amide bonds. The van der Waals surface area contributed by atoms with Crippen molar-refractivity contribution in [2.75, 3.05) is 5.75 Å². The summed E-state index contributed by atoms with van der Waals surface area (Å²) in [4.78, 5) is 7.04. The van der Waals surface area contributed by atoms with E-state index >= 15 is 0 Å². The van der Waals surface area contributed by atoms with E-state index in [9.17, 15) is 43.5 Å². The van der Waals surface area contributed by atoms with Crippen molar-refractivity contribution in [3.8, 4) is 5.82 Å². The third-order valence-electron chi connectivity index (χ3n) is 4.85. The van der Waals surface area contributed by atoms with Gasteiger partial charge in [0.05, 0.1) is 16.8 Å². The molecule has 182 valence electrons.